The van der Waals surface area contributed by atoms with Crippen molar-refractivity contribution >= 4 is 11.6 Å². The Balaban J connectivity index is 1.58. The summed E-state index contributed by atoms with van der Waals surface area (Å²) in [7, 11) is 1.56. The molecule has 0 aliphatic rings. The normalized spacial score (nSPS) is 10.5. The van der Waals surface area contributed by atoms with Crippen molar-refractivity contribution in [1.29, 1.82) is 0 Å². The van der Waals surface area contributed by atoms with Crippen LogP contribution in [0.5, 0.6) is 11.5 Å². The molecule has 0 saturated carbocycles. The maximum Gasteiger partial charge on any atom is 0.227 e. The summed E-state index contributed by atoms with van der Waals surface area (Å²) in [6, 6.07) is 21.5. The lowest BCUT2D eigenvalue weighted by molar-refractivity contribution is -0.116. The molecule has 0 fully saturated rings. The second-order valence-electron chi connectivity index (χ2n) is 6.49. The molecule has 6 heteroatoms. The molecule has 0 bridgehead atoms. The van der Waals surface area contributed by atoms with Crippen LogP contribution in [0.3, 0.4) is 0 Å². The zero-order valence-electron chi connectivity index (χ0n) is 16.8. The lowest BCUT2D eigenvalue weighted by Gasteiger charge is -2.14. The van der Waals surface area contributed by atoms with Gasteiger partial charge in [-0.3, -0.25) is 4.79 Å². The Morgan fingerprint density at radius 1 is 0.867 bits per heavy atom. The van der Waals surface area contributed by atoms with Crippen molar-refractivity contribution in [2.75, 3.05) is 32.2 Å². The van der Waals surface area contributed by atoms with E-state index in [-0.39, 0.29) is 24.6 Å². The molecule has 3 aromatic carbocycles. The van der Waals surface area contributed by atoms with Gasteiger partial charge in [0, 0.05) is 18.7 Å². The van der Waals surface area contributed by atoms with Gasteiger partial charge in [0.05, 0.1) is 25.3 Å². The first-order valence-electron chi connectivity index (χ1n) is 9.66. The Morgan fingerprint density at radius 2 is 1.60 bits per heavy atom. The standard InChI is InChI=1S/C24H24FNO4/c1-28-15-16-30-23-12-11-19(25)17-21(23)26-24(27)13-14-29-22-10-6-5-9-20(22)18-7-3-2-4-8-18/h2-12,17H,13-16H2,1H3,(H,26,27). The van der Waals surface area contributed by atoms with Gasteiger partial charge in [-0.05, 0) is 23.8 Å². The summed E-state index contributed by atoms with van der Waals surface area (Å²) in [5.74, 6) is 0.329. The Bertz CT molecular complexity index is 962. The molecule has 3 rings (SSSR count). The fourth-order valence-corrected chi connectivity index (χ4v) is 2.88. The van der Waals surface area contributed by atoms with Gasteiger partial charge in [-0.15, -0.1) is 0 Å². The molecule has 0 spiro atoms. The van der Waals surface area contributed by atoms with Gasteiger partial charge in [0.2, 0.25) is 5.91 Å². The maximum absolute atomic E-state index is 13.6. The smallest absolute Gasteiger partial charge is 0.227 e. The average Bonchev–Trinajstić information content (AvgIpc) is 2.76. The molecule has 1 amide bonds. The fourth-order valence-electron chi connectivity index (χ4n) is 2.88. The summed E-state index contributed by atoms with van der Waals surface area (Å²) in [6.45, 7) is 0.870. The molecule has 0 radical (unpaired) electrons. The van der Waals surface area contributed by atoms with E-state index in [4.69, 9.17) is 14.2 Å². The molecule has 156 valence electrons. The van der Waals surface area contributed by atoms with Crippen LogP contribution in [-0.4, -0.2) is 32.8 Å². The molecule has 5 nitrogen and oxygen atoms in total. The quantitative estimate of drug-likeness (QED) is 0.483. The van der Waals surface area contributed by atoms with Crippen molar-refractivity contribution in [2.45, 2.75) is 6.42 Å². The number of halogens is 1. The van der Waals surface area contributed by atoms with Crippen LogP contribution in [0, 0.1) is 5.82 Å². The predicted molar refractivity (Wildman–Crippen MR) is 114 cm³/mol. The number of hydrogen-bond donors (Lipinski definition) is 1. The van der Waals surface area contributed by atoms with Gasteiger partial charge in [0.15, 0.2) is 0 Å². The van der Waals surface area contributed by atoms with Crippen LogP contribution in [0.1, 0.15) is 6.42 Å². The third kappa shape index (κ3) is 6.06. The maximum atomic E-state index is 13.6. The molecular formula is C24H24FNO4. The minimum atomic E-state index is -0.461. The highest BCUT2D eigenvalue weighted by Crippen LogP contribution is 2.30. The van der Waals surface area contributed by atoms with E-state index in [2.05, 4.69) is 5.32 Å². The number of nitrogens with one attached hydrogen (secondary N) is 1. The highest BCUT2D eigenvalue weighted by Gasteiger charge is 2.11. The SMILES string of the molecule is COCCOc1ccc(F)cc1NC(=O)CCOc1ccccc1-c1ccccc1. The number of carbonyl (C=O) groups is 1. The lowest BCUT2D eigenvalue weighted by Crippen LogP contribution is -2.16. The van der Waals surface area contributed by atoms with E-state index in [0.29, 0.717) is 24.7 Å². The van der Waals surface area contributed by atoms with Gasteiger partial charge >= 0.3 is 0 Å². The Kier molecular flexibility index (Phi) is 7.80. The van der Waals surface area contributed by atoms with E-state index in [9.17, 15) is 9.18 Å². The van der Waals surface area contributed by atoms with E-state index in [1.165, 1.54) is 18.2 Å². The first-order chi connectivity index (χ1) is 14.7. The second-order valence-corrected chi connectivity index (χ2v) is 6.49. The number of anilines is 1. The third-order valence-electron chi connectivity index (χ3n) is 4.32. The van der Waals surface area contributed by atoms with Crippen LogP contribution >= 0.6 is 0 Å². The minimum absolute atomic E-state index is 0.108. The van der Waals surface area contributed by atoms with Gasteiger partial charge in [0.25, 0.3) is 0 Å². The van der Waals surface area contributed by atoms with Crippen molar-refractivity contribution in [1.82, 2.24) is 0 Å². The fraction of sp³-hybridized carbons (Fsp3) is 0.208. The molecule has 0 heterocycles. The molecule has 0 aromatic heterocycles. The van der Waals surface area contributed by atoms with Crippen LogP contribution in [0.4, 0.5) is 10.1 Å². The molecule has 1 N–H and O–H groups in total. The number of amides is 1. The van der Waals surface area contributed by atoms with Crippen LogP contribution in [0.15, 0.2) is 72.8 Å². The Labute approximate surface area is 175 Å². The molecule has 0 atom stereocenters. The molecular weight excluding hydrogens is 385 g/mol. The summed E-state index contributed by atoms with van der Waals surface area (Å²) >= 11 is 0. The number of para-hydroxylation sites is 1. The highest BCUT2D eigenvalue weighted by molar-refractivity contribution is 5.92. The Hall–Kier alpha value is -3.38. The van der Waals surface area contributed by atoms with Crippen molar-refractivity contribution < 1.29 is 23.4 Å². The molecule has 0 saturated heterocycles. The Morgan fingerprint density at radius 3 is 2.40 bits per heavy atom. The highest BCUT2D eigenvalue weighted by atomic mass is 19.1. The average molecular weight is 409 g/mol. The molecule has 3 aromatic rings. The summed E-state index contributed by atoms with van der Waals surface area (Å²) in [4.78, 5) is 12.4. The summed E-state index contributed by atoms with van der Waals surface area (Å²) in [6.07, 6.45) is 0.108. The number of benzene rings is 3. The van der Waals surface area contributed by atoms with Crippen molar-refractivity contribution in [3.8, 4) is 22.6 Å². The lowest BCUT2D eigenvalue weighted by atomic mass is 10.1. The van der Waals surface area contributed by atoms with Crippen molar-refractivity contribution in [3.05, 3.63) is 78.6 Å². The van der Waals surface area contributed by atoms with E-state index < -0.39 is 5.82 Å². The van der Waals surface area contributed by atoms with Gasteiger partial charge in [-0.2, -0.15) is 0 Å². The van der Waals surface area contributed by atoms with E-state index in [0.717, 1.165) is 11.1 Å². The number of hydrogen-bond acceptors (Lipinski definition) is 4. The van der Waals surface area contributed by atoms with Crippen LogP contribution in [-0.2, 0) is 9.53 Å². The monoisotopic (exact) mass is 409 g/mol. The van der Waals surface area contributed by atoms with Crippen LogP contribution in [0.25, 0.3) is 11.1 Å². The largest absolute Gasteiger partial charge is 0.492 e. The minimum Gasteiger partial charge on any atom is -0.492 e. The van der Waals surface area contributed by atoms with Crippen LogP contribution in [0.2, 0.25) is 0 Å². The number of methoxy groups -OCH3 is 1. The summed E-state index contributed by atoms with van der Waals surface area (Å²) in [5, 5.41) is 2.69. The topological polar surface area (TPSA) is 56.8 Å². The van der Waals surface area contributed by atoms with Gasteiger partial charge in [0.1, 0.15) is 23.9 Å². The molecule has 0 aliphatic heterocycles. The summed E-state index contributed by atoms with van der Waals surface area (Å²) in [5.41, 5.74) is 2.27. The van der Waals surface area contributed by atoms with E-state index in [1.807, 2.05) is 54.6 Å². The summed E-state index contributed by atoms with van der Waals surface area (Å²) < 4.78 is 29.9. The molecule has 0 aliphatic carbocycles. The number of ether oxygens (including phenoxy) is 3. The number of carbonyl (C=O) groups excluding carboxylic acids is 1. The molecule has 30 heavy (non-hydrogen) atoms. The molecule has 0 unspecified atom stereocenters. The first-order valence-corrected chi connectivity index (χ1v) is 9.66. The third-order valence-corrected chi connectivity index (χ3v) is 4.32. The van der Waals surface area contributed by atoms with E-state index >= 15 is 0 Å². The number of rotatable bonds is 10. The zero-order valence-corrected chi connectivity index (χ0v) is 16.8. The van der Waals surface area contributed by atoms with Gasteiger partial charge < -0.3 is 19.5 Å². The van der Waals surface area contributed by atoms with Crippen LogP contribution < -0.4 is 14.8 Å². The first kappa shape index (κ1) is 21.3. The van der Waals surface area contributed by atoms with E-state index in [1.54, 1.807) is 7.11 Å². The second kappa shape index (κ2) is 11.0. The zero-order chi connectivity index (χ0) is 21.2. The van der Waals surface area contributed by atoms with Crippen molar-refractivity contribution in [3.63, 3.8) is 0 Å². The van der Waals surface area contributed by atoms with Gasteiger partial charge in [-0.1, -0.05) is 48.5 Å². The predicted octanol–water partition coefficient (Wildman–Crippen LogP) is 4.93. The van der Waals surface area contributed by atoms with Gasteiger partial charge in [-0.25, -0.2) is 4.39 Å². The van der Waals surface area contributed by atoms with Crippen molar-refractivity contribution in [2.24, 2.45) is 0 Å².